The normalized spacial score (nSPS) is 18.1. The van der Waals surface area contributed by atoms with E-state index in [4.69, 9.17) is 0 Å². The standard InChI is InChI=1S/C10H15N3OS/c1-2-12-3-5-13(6-4-12)10-11-7-9(8-14)15-10/h7-8H,2-6H2,1H3. The number of nitrogens with zero attached hydrogens (tertiary/aromatic N) is 3. The van der Waals surface area contributed by atoms with Crippen molar-refractivity contribution in [3.8, 4) is 0 Å². The Bertz CT molecular complexity index is 331. The Kier molecular flexibility index (Phi) is 3.33. The smallest absolute Gasteiger partial charge is 0.186 e. The lowest BCUT2D eigenvalue weighted by atomic mass is 10.3. The lowest BCUT2D eigenvalue weighted by Crippen LogP contribution is -2.46. The topological polar surface area (TPSA) is 36.4 Å². The summed E-state index contributed by atoms with van der Waals surface area (Å²) in [5.74, 6) is 0. The minimum Gasteiger partial charge on any atom is -0.346 e. The molecule has 0 aromatic carbocycles. The molecule has 0 N–H and O–H groups in total. The van der Waals surface area contributed by atoms with E-state index < -0.39 is 0 Å². The number of rotatable bonds is 3. The zero-order valence-electron chi connectivity index (χ0n) is 8.85. The van der Waals surface area contributed by atoms with Gasteiger partial charge in [0, 0.05) is 26.2 Å². The van der Waals surface area contributed by atoms with Crippen molar-refractivity contribution in [2.45, 2.75) is 6.92 Å². The molecule has 4 nitrogen and oxygen atoms in total. The van der Waals surface area contributed by atoms with Crippen LogP contribution in [0.25, 0.3) is 0 Å². The maximum Gasteiger partial charge on any atom is 0.186 e. The van der Waals surface area contributed by atoms with Crippen molar-refractivity contribution < 1.29 is 4.79 Å². The Morgan fingerprint density at radius 3 is 2.73 bits per heavy atom. The molecule has 0 aliphatic carbocycles. The third-order valence-corrected chi connectivity index (χ3v) is 3.70. The van der Waals surface area contributed by atoms with Crippen molar-refractivity contribution >= 4 is 22.8 Å². The average Bonchev–Trinajstić information content (AvgIpc) is 2.78. The highest BCUT2D eigenvalue weighted by Crippen LogP contribution is 2.22. The highest BCUT2D eigenvalue weighted by atomic mass is 32.1. The van der Waals surface area contributed by atoms with Crippen LogP contribution >= 0.6 is 11.3 Å². The molecule has 0 saturated carbocycles. The van der Waals surface area contributed by atoms with Gasteiger partial charge in [-0.15, -0.1) is 0 Å². The van der Waals surface area contributed by atoms with Gasteiger partial charge in [0.05, 0.1) is 11.1 Å². The Hall–Kier alpha value is -0.940. The van der Waals surface area contributed by atoms with Crippen LogP contribution in [0.1, 0.15) is 16.6 Å². The quantitative estimate of drug-likeness (QED) is 0.722. The van der Waals surface area contributed by atoms with Gasteiger partial charge in [0.25, 0.3) is 0 Å². The van der Waals surface area contributed by atoms with Gasteiger partial charge >= 0.3 is 0 Å². The van der Waals surface area contributed by atoms with Crippen molar-refractivity contribution in [3.63, 3.8) is 0 Å². The SMILES string of the molecule is CCN1CCN(c2ncc(C=O)s2)CC1. The third kappa shape index (κ3) is 2.35. The van der Waals surface area contributed by atoms with Crippen molar-refractivity contribution in [1.29, 1.82) is 0 Å². The van der Waals surface area contributed by atoms with Gasteiger partial charge < -0.3 is 9.80 Å². The summed E-state index contributed by atoms with van der Waals surface area (Å²) < 4.78 is 0. The fourth-order valence-corrected chi connectivity index (χ4v) is 2.51. The minimum absolute atomic E-state index is 0.711. The molecule has 1 aliphatic rings. The van der Waals surface area contributed by atoms with Crippen molar-refractivity contribution in [2.24, 2.45) is 0 Å². The Balaban J connectivity index is 1.97. The van der Waals surface area contributed by atoms with E-state index in [2.05, 4.69) is 21.7 Å². The van der Waals surface area contributed by atoms with Crippen LogP contribution in [-0.2, 0) is 0 Å². The number of carbonyl (C=O) groups is 1. The Labute approximate surface area is 93.5 Å². The van der Waals surface area contributed by atoms with E-state index in [-0.39, 0.29) is 0 Å². The number of aromatic nitrogens is 1. The molecule has 1 aliphatic heterocycles. The van der Waals surface area contributed by atoms with E-state index in [1.807, 2.05) is 0 Å². The van der Waals surface area contributed by atoms with Gasteiger partial charge in [-0.3, -0.25) is 4.79 Å². The molecule has 1 aromatic rings. The molecular formula is C10H15N3OS. The first-order valence-electron chi connectivity index (χ1n) is 5.21. The Morgan fingerprint density at radius 1 is 1.47 bits per heavy atom. The predicted octanol–water partition coefficient (Wildman–Crippen LogP) is 1.10. The average molecular weight is 225 g/mol. The van der Waals surface area contributed by atoms with Gasteiger partial charge in [-0.05, 0) is 6.54 Å². The zero-order valence-corrected chi connectivity index (χ0v) is 9.66. The monoisotopic (exact) mass is 225 g/mol. The lowest BCUT2D eigenvalue weighted by molar-refractivity contribution is 0.112. The molecule has 2 rings (SSSR count). The third-order valence-electron chi connectivity index (χ3n) is 2.72. The molecule has 15 heavy (non-hydrogen) atoms. The minimum atomic E-state index is 0.711. The van der Waals surface area contributed by atoms with Gasteiger partial charge in [0.2, 0.25) is 0 Å². The fourth-order valence-electron chi connectivity index (χ4n) is 1.73. The number of hydrogen-bond donors (Lipinski definition) is 0. The maximum absolute atomic E-state index is 10.5. The maximum atomic E-state index is 10.5. The number of anilines is 1. The van der Waals surface area contributed by atoms with Crippen LogP contribution in [-0.4, -0.2) is 48.9 Å². The lowest BCUT2D eigenvalue weighted by Gasteiger charge is -2.33. The summed E-state index contributed by atoms with van der Waals surface area (Å²) in [7, 11) is 0. The van der Waals surface area contributed by atoms with Crippen LogP contribution in [0.15, 0.2) is 6.20 Å². The summed E-state index contributed by atoms with van der Waals surface area (Å²) >= 11 is 1.48. The number of carbonyl (C=O) groups excluding carboxylic acids is 1. The molecule has 0 atom stereocenters. The van der Waals surface area contributed by atoms with Crippen LogP contribution in [0.3, 0.4) is 0 Å². The van der Waals surface area contributed by atoms with Gasteiger partial charge in [-0.1, -0.05) is 18.3 Å². The predicted molar refractivity (Wildman–Crippen MR) is 61.8 cm³/mol. The van der Waals surface area contributed by atoms with E-state index in [1.165, 1.54) is 11.3 Å². The molecule has 0 bridgehead atoms. The second-order valence-electron chi connectivity index (χ2n) is 3.58. The number of hydrogen-bond acceptors (Lipinski definition) is 5. The van der Waals surface area contributed by atoms with Gasteiger partial charge in [0.15, 0.2) is 11.4 Å². The van der Waals surface area contributed by atoms with Crippen LogP contribution in [0.5, 0.6) is 0 Å². The molecular weight excluding hydrogens is 210 g/mol. The van der Waals surface area contributed by atoms with E-state index >= 15 is 0 Å². The van der Waals surface area contributed by atoms with Gasteiger partial charge in [0.1, 0.15) is 0 Å². The molecule has 1 saturated heterocycles. The molecule has 1 aromatic heterocycles. The van der Waals surface area contributed by atoms with E-state index in [1.54, 1.807) is 6.20 Å². The van der Waals surface area contributed by atoms with Crippen LogP contribution in [0, 0.1) is 0 Å². The summed E-state index contributed by atoms with van der Waals surface area (Å²) in [5.41, 5.74) is 0. The van der Waals surface area contributed by atoms with E-state index in [0.717, 1.165) is 44.1 Å². The number of piperazine rings is 1. The summed E-state index contributed by atoms with van der Waals surface area (Å²) in [5, 5.41) is 0.979. The largest absolute Gasteiger partial charge is 0.346 e. The van der Waals surface area contributed by atoms with Crippen molar-refractivity contribution in [3.05, 3.63) is 11.1 Å². The highest BCUT2D eigenvalue weighted by molar-refractivity contribution is 7.17. The summed E-state index contributed by atoms with van der Waals surface area (Å²) in [6.07, 6.45) is 2.52. The molecule has 0 amide bonds. The second-order valence-corrected chi connectivity index (χ2v) is 4.63. The molecule has 82 valence electrons. The highest BCUT2D eigenvalue weighted by Gasteiger charge is 2.17. The van der Waals surface area contributed by atoms with Gasteiger partial charge in [-0.25, -0.2) is 4.98 Å². The first-order chi connectivity index (χ1) is 7.33. The first-order valence-corrected chi connectivity index (χ1v) is 6.03. The van der Waals surface area contributed by atoms with Crippen LogP contribution < -0.4 is 4.90 Å². The zero-order chi connectivity index (χ0) is 10.7. The molecule has 5 heteroatoms. The summed E-state index contributed by atoms with van der Waals surface area (Å²) in [4.78, 5) is 20.2. The molecule has 0 radical (unpaired) electrons. The van der Waals surface area contributed by atoms with Crippen molar-refractivity contribution in [2.75, 3.05) is 37.6 Å². The number of aldehydes is 1. The van der Waals surface area contributed by atoms with Crippen molar-refractivity contribution in [1.82, 2.24) is 9.88 Å². The van der Waals surface area contributed by atoms with E-state index in [9.17, 15) is 4.79 Å². The van der Waals surface area contributed by atoms with E-state index in [0.29, 0.717) is 4.88 Å². The molecule has 0 unspecified atom stereocenters. The molecule has 1 fully saturated rings. The summed E-state index contributed by atoms with van der Waals surface area (Å²) in [6.45, 7) is 7.51. The van der Waals surface area contributed by atoms with Gasteiger partial charge in [-0.2, -0.15) is 0 Å². The fraction of sp³-hybridized carbons (Fsp3) is 0.600. The number of likely N-dealkylation sites (N-methyl/N-ethyl adjacent to an activating group) is 1. The molecule has 0 spiro atoms. The Morgan fingerprint density at radius 2 is 2.20 bits per heavy atom. The summed E-state index contributed by atoms with van der Waals surface area (Å²) in [6, 6.07) is 0. The first kappa shape index (κ1) is 10.6. The van der Waals surface area contributed by atoms with Crippen LogP contribution in [0.2, 0.25) is 0 Å². The number of thiazole rings is 1. The van der Waals surface area contributed by atoms with Crippen LogP contribution in [0.4, 0.5) is 5.13 Å². The molecule has 2 heterocycles. The second kappa shape index (κ2) is 4.72.